The molecular weight excluding hydrogens is 318 g/mol. The van der Waals surface area contributed by atoms with Crippen LogP contribution in [0, 0.1) is 0 Å². The summed E-state index contributed by atoms with van der Waals surface area (Å²) in [6, 6.07) is 8.35. The number of carbonyl (C=O) groups excluding carboxylic acids is 1. The van der Waals surface area contributed by atoms with Crippen molar-refractivity contribution in [3.8, 4) is 0 Å². The van der Waals surface area contributed by atoms with E-state index in [1.54, 1.807) is 6.20 Å². The first-order valence-electron chi connectivity index (χ1n) is 8.66. The molecule has 6 nitrogen and oxygen atoms in total. The van der Waals surface area contributed by atoms with Gasteiger partial charge in [0, 0.05) is 50.5 Å². The number of fused-ring (bicyclic) bond motifs is 1. The van der Waals surface area contributed by atoms with Crippen molar-refractivity contribution in [1.29, 1.82) is 0 Å². The molecule has 3 rings (SSSR count). The maximum atomic E-state index is 11.8. The van der Waals surface area contributed by atoms with Gasteiger partial charge in [0.25, 0.3) is 0 Å². The molecule has 0 bridgehead atoms. The number of nitrogens with zero attached hydrogens (tertiary/aromatic N) is 3. The van der Waals surface area contributed by atoms with Crippen molar-refractivity contribution in [2.24, 2.45) is 0 Å². The number of hydrogen-bond donors (Lipinski definition) is 0. The number of methoxy groups -OCH3 is 1. The summed E-state index contributed by atoms with van der Waals surface area (Å²) in [7, 11) is 1.44. The van der Waals surface area contributed by atoms with Crippen molar-refractivity contribution in [3.05, 3.63) is 42.2 Å². The number of rotatable bonds is 7. The summed E-state index contributed by atoms with van der Waals surface area (Å²) >= 11 is 0. The van der Waals surface area contributed by atoms with Crippen LogP contribution in [-0.4, -0.2) is 73.8 Å². The Morgan fingerprint density at radius 3 is 2.92 bits per heavy atom. The first-order valence-corrected chi connectivity index (χ1v) is 8.66. The van der Waals surface area contributed by atoms with E-state index in [0.717, 1.165) is 51.3 Å². The van der Waals surface area contributed by atoms with Crippen molar-refractivity contribution < 1.29 is 14.3 Å². The minimum atomic E-state index is -0.202. The predicted molar refractivity (Wildman–Crippen MR) is 96.3 cm³/mol. The lowest BCUT2D eigenvalue weighted by Gasteiger charge is -2.29. The molecule has 0 spiro atoms. The Morgan fingerprint density at radius 1 is 1.28 bits per heavy atom. The normalized spacial score (nSPS) is 15.6. The van der Waals surface area contributed by atoms with Crippen LogP contribution in [-0.2, 0) is 20.8 Å². The quantitative estimate of drug-likeness (QED) is 0.711. The van der Waals surface area contributed by atoms with Gasteiger partial charge in [-0.2, -0.15) is 0 Å². The number of benzene rings is 1. The number of morpholine rings is 1. The lowest BCUT2D eigenvalue weighted by atomic mass is 10.1. The highest BCUT2D eigenvalue weighted by Crippen LogP contribution is 2.16. The van der Waals surface area contributed by atoms with Crippen LogP contribution < -0.4 is 0 Å². The average molecular weight is 343 g/mol. The summed E-state index contributed by atoms with van der Waals surface area (Å²) in [6.07, 6.45) is 3.67. The Morgan fingerprint density at radius 2 is 2.12 bits per heavy atom. The topological polar surface area (TPSA) is 54.9 Å². The van der Waals surface area contributed by atoms with Gasteiger partial charge in [0.05, 0.1) is 26.9 Å². The van der Waals surface area contributed by atoms with Gasteiger partial charge in [-0.15, -0.1) is 0 Å². The van der Waals surface area contributed by atoms with Crippen LogP contribution in [0.1, 0.15) is 5.56 Å². The highest BCUT2D eigenvalue weighted by Gasteiger charge is 2.15. The standard InChI is InChI=1S/C19H25N3O3/c1-24-19(23)15-22(7-6-21-8-10-25-11-9-21)14-16-2-3-18-13-20-5-4-17(18)12-16/h2-5,12-13H,6-11,14-15H2,1H3. The highest BCUT2D eigenvalue weighted by molar-refractivity contribution is 5.82. The molecule has 2 aromatic rings. The Labute approximate surface area is 148 Å². The van der Waals surface area contributed by atoms with Crippen LogP contribution in [0.3, 0.4) is 0 Å². The van der Waals surface area contributed by atoms with Gasteiger partial charge >= 0.3 is 5.97 Å². The molecule has 6 heteroatoms. The number of pyridine rings is 1. The van der Waals surface area contributed by atoms with Crippen molar-refractivity contribution in [2.75, 3.05) is 53.0 Å². The van der Waals surface area contributed by atoms with Crippen LogP contribution >= 0.6 is 0 Å². The van der Waals surface area contributed by atoms with E-state index in [1.807, 2.05) is 12.3 Å². The van der Waals surface area contributed by atoms with E-state index in [2.05, 4.69) is 33.0 Å². The molecule has 0 atom stereocenters. The molecule has 1 aromatic heterocycles. The first kappa shape index (κ1) is 17.8. The maximum absolute atomic E-state index is 11.8. The number of ether oxygens (including phenoxy) is 2. The number of carbonyl (C=O) groups is 1. The van der Waals surface area contributed by atoms with Gasteiger partial charge in [0.1, 0.15) is 0 Å². The van der Waals surface area contributed by atoms with Gasteiger partial charge in [-0.05, 0) is 23.1 Å². The molecule has 0 radical (unpaired) electrons. The SMILES string of the molecule is COC(=O)CN(CCN1CCOCC1)Cc1ccc2cnccc2c1. The second-order valence-electron chi connectivity index (χ2n) is 6.30. The molecule has 1 saturated heterocycles. The second kappa shape index (κ2) is 8.89. The third-order valence-corrected chi connectivity index (χ3v) is 4.53. The van der Waals surface area contributed by atoms with Gasteiger partial charge in [-0.25, -0.2) is 0 Å². The van der Waals surface area contributed by atoms with Gasteiger partial charge in [-0.1, -0.05) is 12.1 Å². The van der Waals surface area contributed by atoms with Crippen molar-refractivity contribution in [2.45, 2.75) is 6.54 Å². The molecule has 0 saturated carbocycles. The van der Waals surface area contributed by atoms with E-state index in [4.69, 9.17) is 9.47 Å². The van der Waals surface area contributed by atoms with E-state index >= 15 is 0 Å². The zero-order valence-corrected chi connectivity index (χ0v) is 14.7. The molecule has 0 unspecified atom stereocenters. The smallest absolute Gasteiger partial charge is 0.319 e. The van der Waals surface area contributed by atoms with E-state index in [0.29, 0.717) is 6.54 Å². The number of aromatic nitrogens is 1. The summed E-state index contributed by atoms with van der Waals surface area (Å²) < 4.78 is 10.2. The molecule has 1 aliphatic rings. The summed E-state index contributed by atoms with van der Waals surface area (Å²) in [4.78, 5) is 20.4. The fraction of sp³-hybridized carbons (Fsp3) is 0.474. The molecule has 0 aliphatic carbocycles. The summed E-state index contributed by atoms with van der Waals surface area (Å²) in [5, 5.41) is 2.29. The molecule has 2 heterocycles. The molecule has 134 valence electrons. The molecule has 0 N–H and O–H groups in total. The monoisotopic (exact) mass is 343 g/mol. The number of esters is 1. The fourth-order valence-corrected chi connectivity index (χ4v) is 3.06. The maximum Gasteiger partial charge on any atom is 0.319 e. The molecule has 1 aromatic carbocycles. The molecular formula is C19H25N3O3. The van der Waals surface area contributed by atoms with Gasteiger partial charge in [0.15, 0.2) is 0 Å². The first-order chi connectivity index (χ1) is 12.2. The van der Waals surface area contributed by atoms with E-state index < -0.39 is 0 Å². The van der Waals surface area contributed by atoms with Crippen LogP contribution in [0.25, 0.3) is 10.8 Å². The summed E-state index contributed by atoms with van der Waals surface area (Å²) in [6.45, 7) is 6.25. The highest BCUT2D eigenvalue weighted by atomic mass is 16.5. The Balaban J connectivity index is 1.65. The largest absolute Gasteiger partial charge is 0.468 e. The molecule has 0 amide bonds. The number of hydrogen-bond acceptors (Lipinski definition) is 6. The van der Waals surface area contributed by atoms with Crippen molar-refractivity contribution >= 4 is 16.7 Å². The zero-order valence-electron chi connectivity index (χ0n) is 14.7. The van der Waals surface area contributed by atoms with Crippen LogP contribution in [0.5, 0.6) is 0 Å². The second-order valence-corrected chi connectivity index (χ2v) is 6.30. The molecule has 25 heavy (non-hydrogen) atoms. The fourth-order valence-electron chi connectivity index (χ4n) is 3.06. The molecule has 1 aliphatic heterocycles. The van der Waals surface area contributed by atoms with Crippen LogP contribution in [0.4, 0.5) is 0 Å². The van der Waals surface area contributed by atoms with Gasteiger partial charge in [0.2, 0.25) is 0 Å². The average Bonchev–Trinajstić information content (AvgIpc) is 2.66. The zero-order chi connectivity index (χ0) is 17.5. The van der Waals surface area contributed by atoms with Gasteiger partial charge < -0.3 is 9.47 Å². The lowest BCUT2D eigenvalue weighted by molar-refractivity contribution is -0.142. The van der Waals surface area contributed by atoms with Crippen molar-refractivity contribution in [3.63, 3.8) is 0 Å². The minimum absolute atomic E-state index is 0.202. The van der Waals surface area contributed by atoms with Crippen LogP contribution in [0.2, 0.25) is 0 Å². The van der Waals surface area contributed by atoms with E-state index in [-0.39, 0.29) is 5.97 Å². The minimum Gasteiger partial charge on any atom is -0.468 e. The van der Waals surface area contributed by atoms with Crippen molar-refractivity contribution in [1.82, 2.24) is 14.8 Å². The molecule has 1 fully saturated rings. The lowest BCUT2D eigenvalue weighted by Crippen LogP contribution is -2.42. The summed E-state index contributed by atoms with van der Waals surface area (Å²) in [5.74, 6) is -0.202. The summed E-state index contributed by atoms with van der Waals surface area (Å²) in [5.41, 5.74) is 1.18. The third-order valence-electron chi connectivity index (χ3n) is 4.53. The van der Waals surface area contributed by atoms with Gasteiger partial charge in [-0.3, -0.25) is 19.6 Å². The Hall–Kier alpha value is -2.02. The Kier molecular flexibility index (Phi) is 6.33. The Bertz CT molecular complexity index is 701. The van der Waals surface area contributed by atoms with Crippen LogP contribution in [0.15, 0.2) is 36.7 Å². The predicted octanol–water partition coefficient (Wildman–Crippen LogP) is 1.54. The van der Waals surface area contributed by atoms with E-state index in [9.17, 15) is 4.79 Å². The third kappa shape index (κ3) is 5.22. The van der Waals surface area contributed by atoms with E-state index in [1.165, 1.54) is 18.1 Å².